The van der Waals surface area contributed by atoms with Crippen molar-refractivity contribution < 1.29 is 13.5 Å². The minimum atomic E-state index is -0.381. The van der Waals surface area contributed by atoms with Gasteiger partial charge >= 0.3 is 0 Å². The third-order valence-corrected chi connectivity index (χ3v) is 5.49. The summed E-state index contributed by atoms with van der Waals surface area (Å²) >= 11 is 1.96. The highest BCUT2D eigenvalue weighted by atomic mass is 32.2. The van der Waals surface area contributed by atoms with Gasteiger partial charge in [0, 0.05) is 18.7 Å². The van der Waals surface area contributed by atoms with Crippen LogP contribution in [-0.2, 0) is 4.74 Å². The van der Waals surface area contributed by atoms with E-state index in [0.29, 0.717) is 12.2 Å². The first-order valence-corrected chi connectivity index (χ1v) is 8.67. The maximum absolute atomic E-state index is 14.0. The highest BCUT2D eigenvalue weighted by Gasteiger charge is 2.38. The second-order valence-corrected chi connectivity index (χ2v) is 7.28. The molecule has 21 heavy (non-hydrogen) atoms. The molecule has 1 spiro atoms. The molecule has 1 aromatic rings. The van der Waals surface area contributed by atoms with E-state index in [1.165, 1.54) is 12.1 Å². The number of anilines is 1. The summed E-state index contributed by atoms with van der Waals surface area (Å²) in [7, 11) is 0. The average molecular weight is 313 g/mol. The molecule has 2 fully saturated rings. The van der Waals surface area contributed by atoms with Crippen LogP contribution in [0, 0.1) is 18.6 Å². The van der Waals surface area contributed by atoms with E-state index in [4.69, 9.17) is 4.74 Å². The summed E-state index contributed by atoms with van der Waals surface area (Å²) in [5, 5.41) is 3.19. The number of benzene rings is 1. The summed E-state index contributed by atoms with van der Waals surface area (Å²) in [6, 6.07) is 2.67. The molecule has 0 aromatic heterocycles. The quantitative estimate of drug-likeness (QED) is 0.887. The van der Waals surface area contributed by atoms with Crippen LogP contribution in [-0.4, -0.2) is 29.8 Å². The molecule has 1 aromatic carbocycles. The van der Waals surface area contributed by atoms with Gasteiger partial charge in [0.2, 0.25) is 0 Å². The molecule has 2 aliphatic rings. The highest BCUT2D eigenvalue weighted by molar-refractivity contribution is 7.99. The lowest BCUT2D eigenvalue weighted by molar-refractivity contribution is -0.0865. The summed E-state index contributed by atoms with van der Waals surface area (Å²) in [5.41, 5.74) is 0.553. The van der Waals surface area contributed by atoms with Crippen LogP contribution in [0.2, 0.25) is 0 Å². The zero-order valence-corrected chi connectivity index (χ0v) is 13.1. The first kappa shape index (κ1) is 15.1. The first-order valence-electron chi connectivity index (χ1n) is 7.52. The van der Waals surface area contributed by atoms with Gasteiger partial charge in [0.25, 0.3) is 0 Å². The zero-order valence-electron chi connectivity index (χ0n) is 12.3. The maximum Gasteiger partial charge on any atom is 0.146 e. The third kappa shape index (κ3) is 3.34. The van der Waals surface area contributed by atoms with Crippen molar-refractivity contribution in [3.8, 4) is 0 Å². The van der Waals surface area contributed by atoms with Gasteiger partial charge in [-0.1, -0.05) is 0 Å². The SMILES string of the molecule is Cc1cc(F)c(NC2CCOC3(CCSCC3)C2)cc1F. The Bertz CT molecular complexity index is 512. The van der Waals surface area contributed by atoms with Gasteiger partial charge in [0.05, 0.1) is 11.3 Å². The van der Waals surface area contributed by atoms with E-state index in [1.54, 1.807) is 6.92 Å². The second kappa shape index (κ2) is 6.13. The first-order chi connectivity index (χ1) is 10.1. The number of hydrogen-bond acceptors (Lipinski definition) is 3. The molecule has 0 bridgehead atoms. The van der Waals surface area contributed by atoms with Gasteiger partial charge in [-0.25, -0.2) is 8.78 Å². The standard InChI is InChI=1S/C16H21F2NOS/c1-11-8-14(18)15(9-13(11)17)19-12-2-5-20-16(10-12)3-6-21-7-4-16/h8-9,12,19H,2-7,10H2,1H3. The molecule has 1 atom stereocenters. The van der Waals surface area contributed by atoms with Crippen molar-refractivity contribution >= 4 is 17.4 Å². The summed E-state index contributed by atoms with van der Waals surface area (Å²) < 4.78 is 33.6. The molecule has 2 saturated heterocycles. The van der Waals surface area contributed by atoms with Crippen LogP contribution < -0.4 is 5.32 Å². The predicted octanol–water partition coefficient (Wildman–Crippen LogP) is 4.13. The Balaban J connectivity index is 1.71. The fraction of sp³-hybridized carbons (Fsp3) is 0.625. The molecule has 5 heteroatoms. The molecule has 0 aliphatic carbocycles. The lowest BCUT2D eigenvalue weighted by Crippen LogP contribution is -2.46. The Morgan fingerprint density at radius 2 is 2.00 bits per heavy atom. The molecule has 2 nitrogen and oxygen atoms in total. The predicted molar refractivity (Wildman–Crippen MR) is 83.0 cm³/mol. The lowest BCUT2D eigenvalue weighted by atomic mass is 9.85. The summed E-state index contributed by atoms with van der Waals surface area (Å²) in [4.78, 5) is 0. The van der Waals surface area contributed by atoms with Crippen LogP contribution in [0.25, 0.3) is 0 Å². The second-order valence-electron chi connectivity index (χ2n) is 6.06. The number of hydrogen-bond donors (Lipinski definition) is 1. The Kier molecular flexibility index (Phi) is 4.41. The largest absolute Gasteiger partial charge is 0.380 e. The molecule has 116 valence electrons. The van der Waals surface area contributed by atoms with Crippen LogP contribution in [0.4, 0.5) is 14.5 Å². The van der Waals surface area contributed by atoms with Gasteiger partial charge in [0.1, 0.15) is 11.6 Å². The monoisotopic (exact) mass is 313 g/mol. The van der Waals surface area contributed by atoms with E-state index >= 15 is 0 Å². The minimum Gasteiger partial charge on any atom is -0.380 e. The van der Waals surface area contributed by atoms with Gasteiger partial charge in [0.15, 0.2) is 0 Å². The molecule has 0 radical (unpaired) electrons. The van der Waals surface area contributed by atoms with E-state index < -0.39 is 0 Å². The van der Waals surface area contributed by atoms with Gasteiger partial charge in [-0.05, 0) is 55.7 Å². The molecular formula is C16H21F2NOS. The van der Waals surface area contributed by atoms with Crippen LogP contribution >= 0.6 is 11.8 Å². The van der Waals surface area contributed by atoms with E-state index in [0.717, 1.165) is 37.2 Å². The fourth-order valence-corrected chi connectivity index (χ4v) is 4.46. The summed E-state index contributed by atoms with van der Waals surface area (Å²) in [6.45, 7) is 2.27. The average Bonchev–Trinajstić information content (AvgIpc) is 2.46. The van der Waals surface area contributed by atoms with Gasteiger partial charge in [-0.15, -0.1) is 0 Å². The van der Waals surface area contributed by atoms with Crippen molar-refractivity contribution in [2.24, 2.45) is 0 Å². The number of halogens is 2. The molecule has 1 N–H and O–H groups in total. The van der Waals surface area contributed by atoms with Crippen molar-refractivity contribution in [1.29, 1.82) is 0 Å². The van der Waals surface area contributed by atoms with E-state index in [1.807, 2.05) is 11.8 Å². The van der Waals surface area contributed by atoms with Crippen LogP contribution in [0.3, 0.4) is 0 Å². The number of rotatable bonds is 2. The Morgan fingerprint density at radius 3 is 2.76 bits per heavy atom. The molecular weight excluding hydrogens is 292 g/mol. The van der Waals surface area contributed by atoms with Crippen molar-refractivity contribution in [2.75, 3.05) is 23.4 Å². The lowest BCUT2D eigenvalue weighted by Gasteiger charge is -2.43. The molecule has 3 rings (SSSR count). The molecule has 1 unspecified atom stereocenters. The minimum absolute atomic E-state index is 0.0547. The third-order valence-electron chi connectivity index (χ3n) is 4.50. The Morgan fingerprint density at radius 1 is 1.24 bits per heavy atom. The van der Waals surface area contributed by atoms with Crippen molar-refractivity contribution in [2.45, 2.75) is 44.2 Å². The number of thioether (sulfide) groups is 1. The zero-order chi connectivity index (χ0) is 14.9. The summed E-state index contributed by atoms with van der Waals surface area (Å²) in [6.07, 6.45) is 3.83. The van der Waals surface area contributed by atoms with Crippen molar-refractivity contribution in [3.63, 3.8) is 0 Å². The van der Waals surface area contributed by atoms with E-state index in [-0.39, 0.29) is 29.0 Å². The van der Waals surface area contributed by atoms with Gasteiger partial charge < -0.3 is 10.1 Å². The number of ether oxygens (including phenoxy) is 1. The Hall–Kier alpha value is -0.810. The van der Waals surface area contributed by atoms with E-state index in [9.17, 15) is 8.78 Å². The Labute approximate surface area is 128 Å². The van der Waals surface area contributed by atoms with E-state index in [2.05, 4.69) is 5.32 Å². The molecule has 0 saturated carbocycles. The van der Waals surface area contributed by atoms with Crippen LogP contribution in [0.5, 0.6) is 0 Å². The van der Waals surface area contributed by atoms with Crippen LogP contribution in [0.1, 0.15) is 31.2 Å². The number of nitrogens with one attached hydrogen (secondary N) is 1. The molecule has 2 heterocycles. The normalized spacial score (nSPS) is 25.0. The fourth-order valence-electron chi connectivity index (χ4n) is 3.22. The maximum atomic E-state index is 14.0. The molecule has 0 amide bonds. The number of aryl methyl sites for hydroxylation is 1. The van der Waals surface area contributed by atoms with Gasteiger partial charge in [-0.2, -0.15) is 11.8 Å². The van der Waals surface area contributed by atoms with Crippen molar-refractivity contribution in [3.05, 3.63) is 29.3 Å². The summed E-state index contributed by atoms with van der Waals surface area (Å²) in [5.74, 6) is 1.50. The van der Waals surface area contributed by atoms with Crippen molar-refractivity contribution in [1.82, 2.24) is 0 Å². The highest BCUT2D eigenvalue weighted by Crippen LogP contribution is 2.38. The van der Waals surface area contributed by atoms with Crippen LogP contribution in [0.15, 0.2) is 12.1 Å². The smallest absolute Gasteiger partial charge is 0.146 e. The molecule has 2 aliphatic heterocycles. The van der Waals surface area contributed by atoms with Gasteiger partial charge in [-0.3, -0.25) is 0 Å². The topological polar surface area (TPSA) is 21.3 Å².